The average Bonchev–Trinajstić information content (AvgIpc) is 3.17. The molecule has 7 nitrogen and oxygen atoms in total. The minimum Gasteiger partial charge on any atom is -0.450 e. The van der Waals surface area contributed by atoms with Crippen molar-refractivity contribution in [1.29, 1.82) is 0 Å². The van der Waals surface area contributed by atoms with Gasteiger partial charge in [-0.1, -0.05) is 30.3 Å². The molecular formula is C21H26N4O3. The third-order valence-corrected chi connectivity index (χ3v) is 5.58. The van der Waals surface area contributed by atoms with Gasteiger partial charge in [0, 0.05) is 51.3 Å². The zero-order chi connectivity index (χ0) is 19.5. The third-order valence-electron chi connectivity index (χ3n) is 5.58. The van der Waals surface area contributed by atoms with Crippen molar-refractivity contribution < 1.29 is 14.3 Å². The summed E-state index contributed by atoms with van der Waals surface area (Å²) in [5, 5.41) is 0. The molecule has 3 heterocycles. The standard InChI is InChI=1S/C21H26N4O3/c1-2-28-21(27)24-12-10-23(11-13-24)20(26)18-15-25-14-17(8-9-19(25)22-18)16-6-4-3-5-7-16/h3-7,15,17H,2,8-14H2,1H3/t17-/m0/s1. The van der Waals surface area contributed by atoms with Gasteiger partial charge in [-0.3, -0.25) is 4.79 Å². The number of carbonyl (C=O) groups excluding carboxylic acids is 2. The number of nitrogens with zero attached hydrogens (tertiary/aromatic N) is 4. The Hall–Kier alpha value is -2.83. The van der Waals surface area contributed by atoms with Gasteiger partial charge >= 0.3 is 6.09 Å². The van der Waals surface area contributed by atoms with E-state index in [9.17, 15) is 9.59 Å². The zero-order valence-corrected chi connectivity index (χ0v) is 16.2. The normalized spacial score (nSPS) is 19.2. The molecule has 1 atom stereocenters. The Bertz CT molecular complexity index is 841. The number of aromatic nitrogens is 2. The summed E-state index contributed by atoms with van der Waals surface area (Å²) in [7, 11) is 0. The second-order valence-corrected chi connectivity index (χ2v) is 7.32. The van der Waals surface area contributed by atoms with Gasteiger partial charge in [0.15, 0.2) is 0 Å². The fraction of sp³-hybridized carbons (Fsp3) is 0.476. The van der Waals surface area contributed by atoms with Crippen LogP contribution >= 0.6 is 0 Å². The first kappa shape index (κ1) is 18.5. The van der Waals surface area contributed by atoms with Crippen molar-refractivity contribution in [1.82, 2.24) is 19.4 Å². The number of rotatable bonds is 3. The second kappa shape index (κ2) is 8.04. The average molecular weight is 382 g/mol. The number of ether oxygens (including phenoxy) is 1. The minimum atomic E-state index is -0.306. The van der Waals surface area contributed by atoms with E-state index >= 15 is 0 Å². The Morgan fingerprint density at radius 3 is 2.54 bits per heavy atom. The molecule has 0 N–H and O–H groups in total. The monoisotopic (exact) mass is 382 g/mol. The number of carbonyl (C=O) groups is 2. The highest BCUT2D eigenvalue weighted by Crippen LogP contribution is 2.28. The van der Waals surface area contributed by atoms with Gasteiger partial charge in [0.1, 0.15) is 11.5 Å². The summed E-state index contributed by atoms with van der Waals surface area (Å²) in [5.41, 5.74) is 1.85. The SMILES string of the molecule is CCOC(=O)N1CCN(C(=O)c2cn3c(n2)CC[C@H](c2ccccc2)C3)CC1. The molecule has 2 amide bonds. The number of fused-ring (bicyclic) bond motifs is 1. The molecule has 1 saturated heterocycles. The number of imidazole rings is 1. The maximum absolute atomic E-state index is 12.9. The summed E-state index contributed by atoms with van der Waals surface area (Å²) in [6.07, 6.45) is 3.51. The predicted octanol–water partition coefficient (Wildman–Crippen LogP) is 2.53. The van der Waals surface area contributed by atoms with Gasteiger partial charge in [0.25, 0.3) is 5.91 Å². The van der Waals surface area contributed by atoms with Crippen molar-refractivity contribution in [3.63, 3.8) is 0 Å². The number of hydrogen-bond acceptors (Lipinski definition) is 4. The van der Waals surface area contributed by atoms with Crippen LogP contribution in [0.2, 0.25) is 0 Å². The molecule has 28 heavy (non-hydrogen) atoms. The summed E-state index contributed by atoms with van der Waals surface area (Å²) < 4.78 is 7.16. The molecule has 2 aliphatic rings. The van der Waals surface area contributed by atoms with Crippen molar-refractivity contribution >= 4 is 12.0 Å². The summed E-state index contributed by atoms with van der Waals surface area (Å²) >= 11 is 0. The molecule has 4 rings (SSSR count). The van der Waals surface area contributed by atoms with Crippen LogP contribution in [-0.2, 0) is 17.7 Å². The Labute approximate surface area is 164 Å². The fourth-order valence-corrected chi connectivity index (χ4v) is 4.01. The van der Waals surface area contributed by atoms with Gasteiger partial charge in [-0.2, -0.15) is 0 Å². The smallest absolute Gasteiger partial charge is 0.409 e. The van der Waals surface area contributed by atoms with E-state index in [4.69, 9.17) is 4.74 Å². The molecule has 2 aromatic rings. The maximum atomic E-state index is 12.9. The number of aryl methyl sites for hydroxylation is 1. The van der Waals surface area contributed by atoms with Crippen LogP contribution in [0.5, 0.6) is 0 Å². The van der Waals surface area contributed by atoms with Crippen molar-refractivity contribution in [3.05, 3.63) is 53.6 Å². The van der Waals surface area contributed by atoms with Crippen LogP contribution in [0.15, 0.2) is 36.5 Å². The first-order chi connectivity index (χ1) is 13.7. The van der Waals surface area contributed by atoms with Crippen molar-refractivity contribution in [2.24, 2.45) is 0 Å². The number of amides is 2. The van der Waals surface area contributed by atoms with Gasteiger partial charge < -0.3 is 19.1 Å². The molecule has 0 saturated carbocycles. The van der Waals surface area contributed by atoms with E-state index < -0.39 is 0 Å². The largest absolute Gasteiger partial charge is 0.450 e. The Morgan fingerprint density at radius 2 is 1.82 bits per heavy atom. The van der Waals surface area contributed by atoms with Crippen molar-refractivity contribution in [2.75, 3.05) is 32.8 Å². The molecule has 0 radical (unpaired) electrons. The third kappa shape index (κ3) is 3.74. The zero-order valence-electron chi connectivity index (χ0n) is 16.2. The molecule has 7 heteroatoms. The van der Waals surface area contributed by atoms with Gasteiger partial charge in [-0.15, -0.1) is 0 Å². The van der Waals surface area contributed by atoms with E-state index in [2.05, 4.69) is 33.8 Å². The molecular weight excluding hydrogens is 356 g/mol. The van der Waals surface area contributed by atoms with Crippen molar-refractivity contribution in [2.45, 2.75) is 32.2 Å². The van der Waals surface area contributed by atoms with E-state index in [0.29, 0.717) is 44.4 Å². The molecule has 1 aromatic carbocycles. The van der Waals surface area contributed by atoms with E-state index in [1.807, 2.05) is 12.3 Å². The van der Waals surface area contributed by atoms with Crippen LogP contribution in [0.1, 0.15) is 41.1 Å². The van der Waals surface area contributed by atoms with Gasteiger partial charge in [0.05, 0.1) is 6.61 Å². The lowest BCUT2D eigenvalue weighted by molar-refractivity contribution is 0.0566. The molecule has 0 unspecified atom stereocenters. The molecule has 0 aliphatic carbocycles. The van der Waals surface area contributed by atoms with Gasteiger partial charge in [-0.05, 0) is 18.9 Å². The summed E-state index contributed by atoms with van der Waals surface area (Å²) in [6, 6.07) is 10.5. The highest BCUT2D eigenvalue weighted by Gasteiger charge is 2.28. The molecule has 148 valence electrons. The van der Waals surface area contributed by atoms with Crippen molar-refractivity contribution in [3.8, 4) is 0 Å². The summed E-state index contributed by atoms with van der Waals surface area (Å²) in [4.78, 5) is 32.7. The van der Waals surface area contributed by atoms with Gasteiger partial charge in [0.2, 0.25) is 0 Å². The van der Waals surface area contributed by atoms with Crippen LogP contribution in [0.25, 0.3) is 0 Å². The van der Waals surface area contributed by atoms with Crippen LogP contribution in [0.3, 0.4) is 0 Å². The minimum absolute atomic E-state index is 0.0540. The lowest BCUT2D eigenvalue weighted by atomic mass is 9.92. The fourth-order valence-electron chi connectivity index (χ4n) is 4.01. The Morgan fingerprint density at radius 1 is 1.11 bits per heavy atom. The first-order valence-electron chi connectivity index (χ1n) is 9.97. The maximum Gasteiger partial charge on any atom is 0.409 e. The van der Waals surface area contributed by atoms with Crippen LogP contribution in [-0.4, -0.2) is 64.1 Å². The second-order valence-electron chi connectivity index (χ2n) is 7.32. The molecule has 0 bridgehead atoms. The lowest BCUT2D eigenvalue weighted by Gasteiger charge is -2.33. The predicted molar refractivity (Wildman–Crippen MR) is 104 cm³/mol. The topological polar surface area (TPSA) is 67.7 Å². The highest BCUT2D eigenvalue weighted by atomic mass is 16.6. The van der Waals surface area contributed by atoms with Gasteiger partial charge in [-0.25, -0.2) is 9.78 Å². The van der Waals surface area contributed by atoms with E-state index in [0.717, 1.165) is 25.2 Å². The summed E-state index contributed by atoms with van der Waals surface area (Å²) in [6.45, 7) is 5.01. The number of benzene rings is 1. The quantitative estimate of drug-likeness (QED) is 0.818. The number of piperazine rings is 1. The lowest BCUT2D eigenvalue weighted by Crippen LogP contribution is -2.50. The molecule has 2 aliphatic heterocycles. The van der Waals surface area contributed by atoms with Crippen LogP contribution in [0, 0.1) is 0 Å². The van der Waals surface area contributed by atoms with E-state index in [1.54, 1.807) is 16.7 Å². The number of hydrogen-bond donors (Lipinski definition) is 0. The Kier molecular flexibility index (Phi) is 5.32. The summed E-state index contributed by atoms with van der Waals surface area (Å²) in [5.74, 6) is 1.39. The Balaban J connectivity index is 1.39. The van der Waals surface area contributed by atoms with Crippen LogP contribution < -0.4 is 0 Å². The molecule has 1 fully saturated rings. The molecule has 1 aromatic heterocycles. The first-order valence-corrected chi connectivity index (χ1v) is 9.97. The molecule has 0 spiro atoms. The van der Waals surface area contributed by atoms with E-state index in [1.165, 1.54) is 5.56 Å². The highest BCUT2D eigenvalue weighted by molar-refractivity contribution is 5.92. The van der Waals surface area contributed by atoms with E-state index in [-0.39, 0.29) is 12.0 Å². The van der Waals surface area contributed by atoms with Crippen LogP contribution in [0.4, 0.5) is 4.79 Å².